The third-order valence-electron chi connectivity index (χ3n) is 3.94. The van der Waals surface area contributed by atoms with Crippen LogP contribution in [0.2, 0.25) is 0 Å². The van der Waals surface area contributed by atoms with Crippen molar-refractivity contribution in [3.05, 3.63) is 35.9 Å². The quantitative estimate of drug-likeness (QED) is 0.766. The van der Waals surface area contributed by atoms with Crippen LogP contribution in [0.5, 0.6) is 0 Å². The molecule has 110 valence electrons. The fraction of sp³-hybridized carbons (Fsp3) is 0.588. The van der Waals surface area contributed by atoms with Gasteiger partial charge >= 0.3 is 0 Å². The Morgan fingerprint density at radius 3 is 2.80 bits per heavy atom. The first kappa shape index (κ1) is 15.0. The normalized spacial score (nSPS) is 18.1. The maximum absolute atomic E-state index is 12.2. The summed E-state index contributed by atoms with van der Waals surface area (Å²) < 4.78 is 5.38. The van der Waals surface area contributed by atoms with Gasteiger partial charge in [0.05, 0.1) is 6.61 Å². The summed E-state index contributed by atoms with van der Waals surface area (Å²) in [6.07, 6.45) is 3.65. The van der Waals surface area contributed by atoms with Crippen LogP contribution in [0.3, 0.4) is 0 Å². The Morgan fingerprint density at radius 2 is 2.15 bits per heavy atom. The van der Waals surface area contributed by atoms with Gasteiger partial charge in [-0.3, -0.25) is 4.79 Å². The van der Waals surface area contributed by atoms with E-state index in [0.29, 0.717) is 12.3 Å². The molecule has 1 aliphatic rings. The van der Waals surface area contributed by atoms with Crippen molar-refractivity contribution >= 4 is 5.91 Å². The summed E-state index contributed by atoms with van der Waals surface area (Å²) in [5, 5.41) is 0. The van der Waals surface area contributed by atoms with Crippen molar-refractivity contribution in [2.75, 3.05) is 26.3 Å². The molecule has 3 heteroatoms. The first-order valence-electron chi connectivity index (χ1n) is 7.69. The van der Waals surface area contributed by atoms with Crippen molar-refractivity contribution in [2.24, 2.45) is 5.92 Å². The summed E-state index contributed by atoms with van der Waals surface area (Å²) in [5.41, 5.74) is 1.31. The minimum absolute atomic E-state index is 0.287. The largest absolute Gasteiger partial charge is 0.381 e. The van der Waals surface area contributed by atoms with Gasteiger partial charge in [-0.1, -0.05) is 30.3 Å². The van der Waals surface area contributed by atoms with Gasteiger partial charge in [0.15, 0.2) is 0 Å². The molecule has 1 aliphatic heterocycles. The number of hydrogen-bond donors (Lipinski definition) is 0. The first-order chi connectivity index (χ1) is 9.79. The zero-order valence-corrected chi connectivity index (χ0v) is 12.4. The Morgan fingerprint density at radius 1 is 1.35 bits per heavy atom. The molecule has 1 heterocycles. The molecule has 1 aromatic carbocycles. The van der Waals surface area contributed by atoms with E-state index in [1.165, 1.54) is 5.56 Å². The van der Waals surface area contributed by atoms with Crippen LogP contribution in [0.1, 0.15) is 31.7 Å². The second-order valence-corrected chi connectivity index (χ2v) is 5.50. The molecule has 1 atom stereocenters. The van der Waals surface area contributed by atoms with Crippen molar-refractivity contribution in [3.63, 3.8) is 0 Å². The minimum Gasteiger partial charge on any atom is -0.381 e. The highest BCUT2D eigenvalue weighted by Gasteiger charge is 2.21. The van der Waals surface area contributed by atoms with Crippen molar-refractivity contribution in [3.8, 4) is 0 Å². The fourth-order valence-electron chi connectivity index (χ4n) is 2.69. The number of hydrogen-bond acceptors (Lipinski definition) is 2. The molecule has 0 bridgehead atoms. The van der Waals surface area contributed by atoms with Crippen LogP contribution in [0, 0.1) is 5.92 Å². The van der Waals surface area contributed by atoms with E-state index >= 15 is 0 Å². The van der Waals surface area contributed by atoms with Gasteiger partial charge in [0.2, 0.25) is 5.91 Å². The van der Waals surface area contributed by atoms with Gasteiger partial charge < -0.3 is 9.64 Å². The number of benzene rings is 1. The lowest BCUT2D eigenvalue weighted by molar-refractivity contribution is -0.131. The van der Waals surface area contributed by atoms with Gasteiger partial charge in [-0.05, 0) is 31.7 Å². The van der Waals surface area contributed by atoms with Crippen LogP contribution in [0.15, 0.2) is 30.3 Å². The van der Waals surface area contributed by atoms with Crippen LogP contribution < -0.4 is 0 Å². The molecule has 20 heavy (non-hydrogen) atoms. The van der Waals surface area contributed by atoms with E-state index in [9.17, 15) is 4.79 Å². The van der Waals surface area contributed by atoms with Gasteiger partial charge in [-0.15, -0.1) is 0 Å². The predicted molar refractivity (Wildman–Crippen MR) is 80.6 cm³/mol. The molecule has 1 unspecified atom stereocenters. The number of carbonyl (C=O) groups is 1. The number of nitrogens with zero attached hydrogens (tertiary/aromatic N) is 1. The van der Waals surface area contributed by atoms with Gasteiger partial charge in [0.25, 0.3) is 0 Å². The zero-order chi connectivity index (χ0) is 14.2. The van der Waals surface area contributed by atoms with E-state index < -0.39 is 0 Å². The molecule has 0 N–H and O–H groups in total. The minimum atomic E-state index is 0.287. The van der Waals surface area contributed by atoms with Crippen LogP contribution in [0.25, 0.3) is 0 Å². The maximum Gasteiger partial charge on any atom is 0.222 e. The first-order valence-corrected chi connectivity index (χ1v) is 7.69. The summed E-state index contributed by atoms with van der Waals surface area (Å²) in [7, 11) is 0. The SMILES string of the molecule is CCN(CC1CCOC1)C(=O)CCCc1ccccc1. The lowest BCUT2D eigenvalue weighted by Gasteiger charge is -2.23. The lowest BCUT2D eigenvalue weighted by atomic mass is 10.1. The van der Waals surface area contributed by atoms with Crippen LogP contribution in [-0.4, -0.2) is 37.1 Å². The van der Waals surface area contributed by atoms with Crippen LogP contribution >= 0.6 is 0 Å². The third kappa shape index (κ3) is 4.64. The number of ether oxygens (including phenoxy) is 1. The predicted octanol–water partition coefficient (Wildman–Crippen LogP) is 2.89. The molecular weight excluding hydrogens is 250 g/mol. The van der Waals surface area contributed by atoms with Gasteiger partial charge in [0, 0.05) is 32.0 Å². The monoisotopic (exact) mass is 275 g/mol. The highest BCUT2D eigenvalue weighted by molar-refractivity contribution is 5.76. The highest BCUT2D eigenvalue weighted by atomic mass is 16.5. The lowest BCUT2D eigenvalue weighted by Crippen LogP contribution is -2.35. The summed E-state index contributed by atoms with van der Waals surface area (Å²) in [4.78, 5) is 14.2. The molecule has 2 rings (SSSR count). The molecule has 0 radical (unpaired) electrons. The van der Waals surface area contributed by atoms with E-state index in [-0.39, 0.29) is 5.91 Å². The molecule has 1 saturated heterocycles. The van der Waals surface area contributed by atoms with Crippen molar-refractivity contribution in [1.29, 1.82) is 0 Å². The Hall–Kier alpha value is -1.35. The molecule has 0 aromatic heterocycles. The molecule has 1 amide bonds. The summed E-state index contributed by atoms with van der Waals surface area (Å²) in [5.74, 6) is 0.823. The summed E-state index contributed by atoms with van der Waals surface area (Å²) in [6, 6.07) is 10.4. The van der Waals surface area contributed by atoms with Crippen molar-refractivity contribution < 1.29 is 9.53 Å². The van der Waals surface area contributed by atoms with E-state index in [4.69, 9.17) is 4.74 Å². The van der Waals surface area contributed by atoms with Gasteiger partial charge in [-0.2, -0.15) is 0 Å². The Balaban J connectivity index is 1.71. The topological polar surface area (TPSA) is 29.5 Å². The number of amides is 1. The molecule has 1 fully saturated rings. The summed E-state index contributed by atoms with van der Waals surface area (Å²) >= 11 is 0. The highest BCUT2D eigenvalue weighted by Crippen LogP contribution is 2.15. The van der Waals surface area contributed by atoms with E-state index in [2.05, 4.69) is 31.2 Å². The summed E-state index contributed by atoms with van der Waals surface area (Å²) in [6.45, 7) is 5.39. The second kappa shape index (κ2) is 8.05. The number of carbonyl (C=O) groups excluding carboxylic acids is 1. The van der Waals surface area contributed by atoms with Crippen molar-refractivity contribution in [2.45, 2.75) is 32.6 Å². The molecular formula is C17H25NO2. The Labute approximate surface area is 121 Å². The number of rotatable bonds is 7. The maximum atomic E-state index is 12.2. The molecule has 1 aromatic rings. The van der Waals surface area contributed by atoms with Gasteiger partial charge in [-0.25, -0.2) is 0 Å². The Bertz CT molecular complexity index is 399. The van der Waals surface area contributed by atoms with E-state index in [1.54, 1.807) is 0 Å². The van der Waals surface area contributed by atoms with E-state index in [1.807, 2.05) is 11.0 Å². The molecule has 3 nitrogen and oxygen atoms in total. The Kier molecular flexibility index (Phi) is 6.06. The average molecular weight is 275 g/mol. The van der Waals surface area contributed by atoms with Crippen LogP contribution in [-0.2, 0) is 16.0 Å². The molecule has 0 spiro atoms. The smallest absolute Gasteiger partial charge is 0.222 e. The number of aryl methyl sites for hydroxylation is 1. The van der Waals surface area contributed by atoms with Gasteiger partial charge in [0.1, 0.15) is 0 Å². The standard InChI is InChI=1S/C17H25NO2/c1-2-18(13-16-11-12-20-14-16)17(19)10-6-9-15-7-4-3-5-8-15/h3-5,7-8,16H,2,6,9-14H2,1H3. The second-order valence-electron chi connectivity index (χ2n) is 5.50. The zero-order valence-electron chi connectivity index (χ0n) is 12.4. The molecule has 0 saturated carbocycles. The molecule has 0 aliphatic carbocycles. The third-order valence-corrected chi connectivity index (χ3v) is 3.94. The average Bonchev–Trinajstić information content (AvgIpc) is 2.98. The van der Waals surface area contributed by atoms with Crippen LogP contribution in [0.4, 0.5) is 0 Å². The van der Waals surface area contributed by atoms with E-state index in [0.717, 1.165) is 45.6 Å². The fourth-order valence-corrected chi connectivity index (χ4v) is 2.69. The van der Waals surface area contributed by atoms with Crippen molar-refractivity contribution in [1.82, 2.24) is 4.90 Å².